The third-order valence-electron chi connectivity index (χ3n) is 3.01. The van der Waals surface area contributed by atoms with Crippen LogP contribution in [0.25, 0.3) is 0 Å². The Kier molecular flexibility index (Phi) is 6.24. The van der Waals surface area contributed by atoms with Gasteiger partial charge < -0.3 is 20.8 Å². The van der Waals surface area contributed by atoms with E-state index in [0.717, 1.165) is 0 Å². The van der Waals surface area contributed by atoms with Gasteiger partial charge in [0.05, 0.1) is 6.26 Å². The molecule has 1 rings (SSSR count). The number of carbonyl (C=O) groups is 2. The van der Waals surface area contributed by atoms with Crippen LogP contribution >= 0.6 is 0 Å². The van der Waals surface area contributed by atoms with Gasteiger partial charge in [-0.2, -0.15) is 0 Å². The van der Waals surface area contributed by atoms with Gasteiger partial charge in [0.1, 0.15) is 6.04 Å². The summed E-state index contributed by atoms with van der Waals surface area (Å²) in [6.45, 7) is 6.70. The average molecular weight is 281 g/mol. The molecule has 4 N–H and O–H groups in total. The van der Waals surface area contributed by atoms with Gasteiger partial charge in [-0.3, -0.25) is 9.59 Å². The first-order valence-electron chi connectivity index (χ1n) is 6.77. The number of nitrogens with two attached hydrogens (primary N) is 1. The fourth-order valence-corrected chi connectivity index (χ4v) is 1.62. The Morgan fingerprint density at radius 3 is 2.55 bits per heavy atom. The zero-order valence-electron chi connectivity index (χ0n) is 12.2. The summed E-state index contributed by atoms with van der Waals surface area (Å²) in [5, 5.41) is 5.49. The molecule has 2 amide bonds. The minimum Gasteiger partial charge on any atom is -0.459 e. The Balaban J connectivity index is 2.60. The molecule has 0 spiro atoms. The van der Waals surface area contributed by atoms with E-state index in [-0.39, 0.29) is 23.5 Å². The van der Waals surface area contributed by atoms with Gasteiger partial charge in [-0.1, -0.05) is 20.8 Å². The van der Waals surface area contributed by atoms with E-state index in [9.17, 15) is 9.59 Å². The Hall–Kier alpha value is -1.82. The van der Waals surface area contributed by atoms with Crippen LogP contribution in [0.15, 0.2) is 22.8 Å². The topological polar surface area (TPSA) is 97.4 Å². The zero-order chi connectivity index (χ0) is 15.1. The third kappa shape index (κ3) is 4.70. The van der Waals surface area contributed by atoms with E-state index in [1.807, 2.05) is 20.8 Å². The molecule has 0 saturated heterocycles. The Labute approximate surface area is 119 Å². The molecule has 6 heteroatoms. The molecule has 6 nitrogen and oxygen atoms in total. The van der Waals surface area contributed by atoms with Crippen molar-refractivity contribution in [3.05, 3.63) is 24.2 Å². The highest BCUT2D eigenvalue weighted by Crippen LogP contribution is 2.06. The maximum atomic E-state index is 12.1. The van der Waals surface area contributed by atoms with Crippen LogP contribution in [-0.4, -0.2) is 30.9 Å². The number of carbonyl (C=O) groups excluding carboxylic acids is 2. The lowest BCUT2D eigenvalue weighted by atomic mass is 10.0. The minimum absolute atomic E-state index is 0.0258. The fraction of sp³-hybridized carbons (Fsp3) is 0.571. The third-order valence-corrected chi connectivity index (χ3v) is 3.01. The highest BCUT2D eigenvalue weighted by molar-refractivity contribution is 5.95. The maximum Gasteiger partial charge on any atom is 0.287 e. The van der Waals surface area contributed by atoms with Crippen LogP contribution in [0.1, 0.15) is 31.3 Å². The van der Waals surface area contributed by atoms with Crippen molar-refractivity contribution in [1.29, 1.82) is 0 Å². The Bertz CT molecular complexity index is 429. The van der Waals surface area contributed by atoms with Crippen molar-refractivity contribution < 1.29 is 14.0 Å². The quantitative estimate of drug-likeness (QED) is 0.687. The van der Waals surface area contributed by atoms with Gasteiger partial charge in [0, 0.05) is 6.54 Å². The van der Waals surface area contributed by atoms with E-state index < -0.39 is 11.9 Å². The predicted molar refractivity (Wildman–Crippen MR) is 76.0 cm³/mol. The van der Waals surface area contributed by atoms with Crippen molar-refractivity contribution in [2.24, 2.45) is 17.6 Å². The zero-order valence-corrected chi connectivity index (χ0v) is 12.2. The molecular formula is C14H23N3O3. The molecule has 0 radical (unpaired) electrons. The van der Waals surface area contributed by atoms with Crippen molar-refractivity contribution in [1.82, 2.24) is 10.6 Å². The predicted octanol–water partition coefficient (Wildman–Crippen LogP) is 0.745. The molecule has 1 aromatic rings. The summed E-state index contributed by atoms with van der Waals surface area (Å²) < 4.78 is 5.01. The van der Waals surface area contributed by atoms with Gasteiger partial charge in [-0.05, 0) is 30.5 Å². The molecule has 2 unspecified atom stereocenters. The van der Waals surface area contributed by atoms with Crippen molar-refractivity contribution in [3.63, 3.8) is 0 Å². The number of nitrogens with one attached hydrogen (secondary N) is 2. The average Bonchev–Trinajstić information content (AvgIpc) is 2.95. The molecule has 1 heterocycles. The highest BCUT2D eigenvalue weighted by atomic mass is 16.3. The summed E-state index contributed by atoms with van der Waals surface area (Å²) in [4.78, 5) is 24.0. The molecule has 2 atom stereocenters. The SMILES string of the molecule is CC(CN)CNC(=O)C(NC(=O)c1ccco1)C(C)C. The van der Waals surface area contributed by atoms with Crippen molar-refractivity contribution in [2.75, 3.05) is 13.1 Å². The second-order valence-corrected chi connectivity index (χ2v) is 5.26. The Morgan fingerprint density at radius 1 is 1.35 bits per heavy atom. The minimum atomic E-state index is -0.599. The van der Waals surface area contributed by atoms with Gasteiger partial charge in [0.25, 0.3) is 5.91 Å². The van der Waals surface area contributed by atoms with E-state index in [1.54, 1.807) is 12.1 Å². The molecule has 0 fully saturated rings. The lowest BCUT2D eigenvalue weighted by molar-refractivity contribution is -0.124. The molecule has 20 heavy (non-hydrogen) atoms. The summed E-state index contributed by atoms with van der Waals surface area (Å²) in [5.74, 6) is -0.232. The molecule has 0 aliphatic heterocycles. The van der Waals surface area contributed by atoms with Crippen molar-refractivity contribution in [3.8, 4) is 0 Å². The number of hydrogen-bond acceptors (Lipinski definition) is 4. The smallest absolute Gasteiger partial charge is 0.287 e. The largest absolute Gasteiger partial charge is 0.459 e. The molecule has 0 aliphatic rings. The van der Waals surface area contributed by atoms with Crippen LogP contribution in [-0.2, 0) is 4.79 Å². The van der Waals surface area contributed by atoms with E-state index in [0.29, 0.717) is 13.1 Å². The number of rotatable bonds is 7. The van der Waals surface area contributed by atoms with E-state index in [1.165, 1.54) is 6.26 Å². The lowest BCUT2D eigenvalue weighted by Crippen LogP contribution is -2.50. The van der Waals surface area contributed by atoms with Gasteiger partial charge in [0.15, 0.2) is 5.76 Å². The van der Waals surface area contributed by atoms with Gasteiger partial charge in [-0.25, -0.2) is 0 Å². The van der Waals surface area contributed by atoms with Crippen LogP contribution < -0.4 is 16.4 Å². The highest BCUT2D eigenvalue weighted by Gasteiger charge is 2.25. The van der Waals surface area contributed by atoms with E-state index >= 15 is 0 Å². The first-order valence-corrected chi connectivity index (χ1v) is 6.77. The summed E-state index contributed by atoms with van der Waals surface area (Å²) in [5.41, 5.74) is 5.51. The maximum absolute atomic E-state index is 12.1. The monoisotopic (exact) mass is 281 g/mol. The summed E-state index contributed by atoms with van der Waals surface area (Å²) in [6.07, 6.45) is 1.42. The first kappa shape index (κ1) is 16.2. The molecule has 0 saturated carbocycles. The number of hydrogen-bond donors (Lipinski definition) is 3. The van der Waals surface area contributed by atoms with Crippen LogP contribution in [0.4, 0.5) is 0 Å². The summed E-state index contributed by atoms with van der Waals surface area (Å²) >= 11 is 0. The fourth-order valence-electron chi connectivity index (χ4n) is 1.62. The molecule has 1 aromatic heterocycles. The van der Waals surface area contributed by atoms with Crippen LogP contribution in [0, 0.1) is 11.8 Å². The first-order chi connectivity index (χ1) is 9.45. The Morgan fingerprint density at radius 2 is 2.05 bits per heavy atom. The summed E-state index contributed by atoms with van der Waals surface area (Å²) in [7, 11) is 0. The number of furan rings is 1. The standard InChI is InChI=1S/C14H23N3O3/c1-9(2)12(14(19)16-8-10(3)7-15)17-13(18)11-5-4-6-20-11/h4-6,9-10,12H,7-8,15H2,1-3H3,(H,16,19)(H,17,18). The second kappa shape index (κ2) is 7.69. The van der Waals surface area contributed by atoms with E-state index in [4.69, 9.17) is 10.2 Å². The molecule has 0 aliphatic carbocycles. The lowest BCUT2D eigenvalue weighted by Gasteiger charge is -2.22. The van der Waals surface area contributed by atoms with Gasteiger partial charge in [-0.15, -0.1) is 0 Å². The van der Waals surface area contributed by atoms with Crippen molar-refractivity contribution >= 4 is 11.8 Å². The van der Waals surface area contributed by atoms with Gasteiger partial charge >= 0.3 is 0 Å². The molecular weight excluding hydrogens is 258 g/mol. The molecule has 0 aromatic carbocycles. The van der Waals surface area contributed by atoms with Crippen LogP contribution in [0.5, 0.6) is 0 Å². The van der Waals surface area contributed by atoms with Crippen LogP contribution in [0.3, 0.4) is 0 Å². The van der Waals surface area contributed by atoms with Crippen molar-refractivity contribution in [2.45, 2.75) is 26.8 Å². The molecule has 112 valence electrons. The molecule has 0 bridgehead atoms. The second-order valence-electron chi connectivity index (χ2n) is 5.26. The van der Waals surface area contributed by atoms with Crippen LogP contribution in [0.2, 0.25) is 0 Å². The van der Waals surface area contributed by atoms with Gasteiger partial charge in [0.2, 0.25) is 5.91 Å². The normalized spacial score (nSPS) is 13.8. The van der Waals surface area contributed by atoms with E-state index in [2.05, 4.69) is 10.6 Å². The number of amides is 2. The summed E-state index contributed by atoms with van der Waals surface area (Å²) in [6, 6.07) is 2.58.